The summed E-state index contributed by atoms with van der Waals surface area (Å²) in [5, 5.41) is 5.26. The molecular formula is C13H21ClN2OS. The molecule has 3 nitrogen and oxygen atoms in total. The number of nitrogens with one attached hydrogen (secondary N) is 1. The van der Waals surface area contributed by atoms with E-state index in [0.29, 0.717) is 18.2 Å². The van der Waals surface area contributed by atoms with E-state index in [-0.39, 0.29) is 12.4 Å². The third-order valence-electron chi connectivity index (χ3n) is 3.30. The highest BCUT2D eigenvalue weighted by Gasteiger charge is 2.25. The zero-order valence-electron chi connectivity index (χ0n) is 10.7. The second-order valence-corrected chi connectivity index (χ2v) is 5.66. The molecule has 1 aliphatic heterocycles. The number of amides is 1. The summed E-state index contributed by atoms with van der Waals surface area (Å²) in [5.74, 6) is 0.961. The van der Waals surface area contributed by atoms with Crippen molar-refractivity contribution in [3.63, 3.8) is 0 Å². The van der Waals surface area contributed by atoms with Crippen LogP contribution in [0.25, 0.3) is 0 Å². The van der Waals surface area contributed by atoms with E-state index < -0.39 is 0 Å². The maximum absolute atomic E-state index is 12.0. The average Bonchev–Trinajstić information content (AvgIpc) is 2.97. The van der Waals surface area contributed by atoms with Crippen molar-refractivity contribution in [2.45, 2.75) is 19.3 Å². The van der Waals surface area contributed by atoms with Crippen molar-refractivity contribution in [1.29, 1.82) is 0 Å². The van der Waals surface area contributed by atoms with Gasteiger partial charge in [0, 0.05) is 24.4 Å². The molecule has 0 aliphatic carbocycles. The molecule has 18 heavy (non-hydrogen) atoms. The van der Waals surface area contributed by atoms with Crippen LogP contribution < -0.4 is 5.32 Å². The molecule has 2 rings (SSSR count). The Morgan fingerprint density at radius 3 is 3.11 bits per heavy atom. The summed E-state index contributed by atoms with van der Waals surface area (Å²) in [5.41, 5.74) is 0. The molecule has 1 atom stereocenters. The molecular weight excluding hydrogens is 268 g/mol. The van der Waals surface area contributed by atoms with Gasteiger partial charge in [-0.25, -0.2) is 0 Å². The van der Waals surface area contributed by atoms with Crippen LogP contribution >= 0.6 is 23.7 Å². The molecule has 1 unspecified atom stereocenters. The summed E-state index contributed by atoms with van der Waals surface area (Å²) in [6, 6.07) is 4.15. The van der Waals surface area contributed by atoms with Crippen LogP contribution in [-0.4, -0.2) is 37.5 Å². The van der Waals surface area contributed by atoms with Gasteiger partial charge in [-0.3, -0.25) is 4.79 Å². The van der Waals surface area contributed by atoms with Gasteiger partial charge in [0.1, 0.15) is 0 Å². The Bertz CT molecular complexity index is 356. The molecule has 0 saturated carbocycles. The zero-order chi connectivity index (χ0) is 12.1. The Kier molecular flexibility index (Phi) is 6.68. The van der Waals surface area contributed by atoms with Crippen molar-refractivity contribution < 1.29 is 4.79 Å². The number of nitrogens with zero attached hydrogens (tertiary/aromatic N) is 1. The summed E-state index contributed by atoms with van der Waals surface area (Å²) in [4.78, 5) is 15.3. The Balaban J connectivity index is 0.00000162. The van der Waals surface area contributed by atoms with Gasteiger partial charge in [-0.05, 0) is 43.8 Å². The van der Waals surface area contributed by atoms with Crippen molar-refractivity contribution in [2.24, 2.45) is 5.92 Å². The van der Waals surface area contributed by atoms with Crippen molar-refractivity contribution in [3.8, 4) is 0 Å². The normalized spacial score (nSPS) is 18.7. The van der Waals surface area contributed by atoms with Crippen molar-refractivity contribution in [3.05, 3.63) is 22.4 Å². The number of thiophene rings is 1. The highest BCUT2D eigenvalue weighted by Crippen LogP contribution is 2.18. The molecule has 5 heteroatoms. The molecule has 1 fully saturated rings. The van der Waals surface area contributed by atoms with Crippen molar-refractivity contribution in [1.82, 2.24) is 10.2 Å². The summed E-state index contributed by atoms with van der Waals surface area (Å²) >= 11 is 1.74. The molecule has 1 aromatic heterocycles. The van der Waals surface area contributed by atoms with Crippen LogP contribution in [0.2, 0.25) is 0 Å². The standard InChI is InChI=1S/C13H20N2OS.ClH/c1-14-9-11-6-7-15(10-11)13(16)5-4-12-3-2-8-17-12;/h2-3,8,11,14H,4-7,9-10H2,1H3;1H. The summed E-state index contributed by atoms with van der Waals surface area (Å²) in [6.07, 6.45) is 2.70. The van der Waals surface area contributed by atoms with Gasteiger partial charge in [-0.2, -0.15) is 0 Å². The number of carbonyl (C=O) groups is 1. The lowest BCUT2D eigenvalue weighted by Gasteiger charge is -2.16. The van der Waals surface area contributed by atoms with Crippen LogP contribution in [0.15, 0.2) is 17.5 Å². The minimum absolute atomic E-state index is 0. The van der Waals surface area contributed by atoms with Crippen molar-refractivity contribution >= 4 is 29.7 Å². The maximum Gasteiger partial charge on any atom is 0.222 e. The molecule has 1 N–H and O–H groups in total. The van der Waals surface area contributed by atoms with E-state index in [4.69, 9.17) is 0 Å². The fraction of sp³-hybridized carbons (Fsp3) is 0.615. The molecule has 0 bridgehead atoms. The molecule has 0 aromatic carbocycles. The van der Waals surface area contributed by atoms with Gasteiger partial charge in [0.15, 0.2) is 0 Å². The highest BCUT2D eigenvalue weighted by molar-refractivity contribution is 7.09. The molecule has 102 valence electrons. The molecule has 1 aromatic rings. The molecule has 0 spiro atoms. The Labute approximate surface area is 119 Å². The number of carbonyl (C=O) groups excluding carboxylic acids is 1. The van der Waals surface area contributed by atoms with E-state index in [2.05, 4.69) is 16.8 Å². The topological polar surface area (TPSA) is 32.3 Å². The summed E-state index contributed by atoms with van der Waals surface area (Å²) < 4.78 is 0. The van der Waals surface area contributed by atoms with Crippen LogP contribution in [0, 0.1) is 5.92 Å². The predicted molar refractivity (Wildman–Crippen MR) is 78.5 cm³/mol. The summed E-state index contributed by atoms with van der Waals surface area (Å²) in [7, 11) is 1.97. The minimum atomic E-state index is 0. The van der Waals surface area contributed by atoms with Crippen LogP contribution in [0.5, 0.6) is 0 Å². The number of aryl methyl sites for hydroxylation is 1. The van der Waals surface area contributed by atoms with Gasteiger partial charge >= 0.3 is 0 Å². The van der Waals surface area contributed by atoms with Gasteiger partial charge in [0.25, 0.3) is 0 Å². The van der Waals surface area contributed by atoms with Gasteiger partial charge < -0.3 is 10.2 Å². The monoisotopic (exact) mass is 288 g/mol. The van der Waals surface area contributed by atoms with Crippen molar-refractivity contribution in [2.75, 3.05) is 26.7 Å². The lowest BCUT2D eigenvalue weighted by atomic mass is 10.1. The van der Waals surface area contributed by atoms with Crippen LogP contribution in [0.1, 0.15) is 17.7 Å². The fourth-order valence-corrected chi connectivity index (χ4v) is 3.07. The first kappa shape index (κ1) is 15.5. The number of hydrogen-bond acceptors (Lipinski definition) is 3. The number of halogens is 1. The minimum Gasteiger partial charge on any atom is -0.342 e. The molecule has 1 amide bonds. The molecule has 2 heterocycles. The lowest BCUT2D eigenvalue weighted by molar-refractivity contribution is -0.130. The van der Waals surface area contributed by atoms with E-state index >= 15 is 0 Å². The first-order valence-electron chi connectivity index (χ1n) is 6.24. The van der Waals surface area contributed by atoms with E-state index in [9.17, 15) is 4.79 Å². The second kappa shape index (κ2) is 7.77. The Morgan fingerprint density at radius 1 is 1.61 bits per heavy atom. The smallest absolute Gasteiger partial charge is 0.222 e. The van der Waals surface area contributed by atoms with E-state index in [0.717, 1.165) is 32.5 Å². The summed E-state index contributed by atoms with van der Waals surface area (Å²) in [6.45, 7) is 2.90. The van der Waals surface area contributed by atoms with Gasteiger partial charge in [-0.1, -0.05) is 6.07 Å². The van der Waals surface area contributed by atoms with E-state index in [1.807, 2.05) is 18.0 Å². The second-order valence-electron chi connectivity index (χ2n) is 4.63. The number of likely N-dealkylation sites (tertiary alicyclic amines) is 1. The number of hydrogen-bond donors (Lipinski definition) is 1. The zero-order valence-corrected chi connectivity index (χ0v) is 12.4. The molecule has 1 saturated heterocycles. The number of rotatable bonds is 5. The average molecular weight is 289 g/mol. The highest BCUT2D eigenvalue weighted by atomic mass is 35.5. The SMILES string of the molecule is CNCC1CCN(C(=O)CCc2cccs2)C1.Cl. The fourth-order valence-electron chi connectivity index (χ4n) is 2.36. The Hall–Kier alpha value is -0.580. The first-order valence-corrected chi connectivity index (χ1v) is 7.12. The van der Waals surface area contributed by atoms with Crippen LogP contribution in [-0.2, 0) is 11.2 Å². The van der Waals surface area contributed by atoms with Crippen LogP contribution in [0.4, 0.5) is 0 Å². The molecule has 0 radical (unpaired) electrons. The van der Waals surface area contributed by atoms with Crippen LogP contribution in [0.3, 0.4) is 0 Å². The quantitative estimate of drug-likeness (QED) is 0.901. The Morgan fingerprint density at radius 2 is 2.44 bits per heavy atom. The van der Waals surface area contributed by atoms with E-state index in [1.165, 1.54) is 4.88 Å². The van der Waals surface area contributed by atoms with Gasteiger partial charge in [0.05, 0.1) is 0 Å². The molecule has 1 aliphatic rings. The van der Waals surface area contributed by atoms with E-state index in [1.54, 1.807) is 11.3 Å². The largest absolute Gasteiger partial charge is 0.342 e. The lowest BCUT2D eigenvalue weighted by Crippen LogP contribution is -2.30. The van der Waals surface area contributed by atoms with Gasteiger partial charge in [-0.15, -0.1) is 23.7 Å². The third kappa shape index (κ3) is 4.26. The van der Waals surface area contributed by atoms with Gasteiger partial charge in [0.2, 0.25) is 5.91 Å². The predicted octanol–water partition coefficient (Wildman–Crippen LogP) is 2.17. The first-order chi connectivity index (χ1) is 8.29. The maximum atomic E-state index is 12.0. The third-order valence-corrected chi connectivity index (χ3v) is 4.23.